The number of hydrogen-bond acceptors (Lipinski definition) is 3. The van der Waals surface area contributed by atoms with Crippen LogP contribution in [0.15, 0.2) is 54.6 Å². The Morgan fingerprint density at radius 2 is 1.75 bits per heavy atom. The third-order valence-corrected chi connectivity index (χ3v) is 3.02. The molecule has 0 radical (unpaired) electrons. The molecule has 0 saturated carbocycles. The van der Waals surface area contributed by atoms with E-state index in [4.69, 9.17) is 4.74 Å². The summed E-state index contributed by atoms with van der Waals surface area (Å²) in [5.74, 6) is -1.20. The largest absolute Gasteiger partial charge is 0.458 e. The summed E-state index contributed by atoms with van der Waals surface area (Å²) < 4.78 is 17.9. The van der Waals surface area contributed by atoms with Crippen molar-refractivity contribution < 1.29 is 19.0 Å². The van der Waals surface area contributed by atoms with E-state index in [1.807, 2.05) is 30.3 Å². The van der Waals surface area contributed by atoms with Crippen molar-refractivity contribution in [3.63, 3.8) is 0 Å². The summed E-state index contributed by atoms with van der Waals surface area (Å²) in [6.45, 7) is 1.41. The van der Waals surface area contributed by atoms with Crippen LogP contribution in [0.2, 0.25) is 0 Å². The van der Waals surface area contributed by atoms with Crippen LogP contribution in [0.4, 0.5) is 4.39 Å². The van der Waals surface area contributed by atoms with Gasteiger partial charge in [-0.2, -0.15) is 0 Å². The number of halogens is 1. The van der Waals surface area contributed by atoms with Gasteiger partial charge in [0.2, 0.25) is 0 Å². The molecule has 0 saturated heterocycles. The summed E-state index contributed by atoms with van der Waals surface area (Å²) in [6, 6.07) is 14.3. The summed E-state index contributed by atoms with van der Waals surface area (Å²) in [5, 5.41) is 10.2. The Morgan fingerprint density at radius 3 is 2.35 bits per heavy atom. The van der Waals surface area contributed by atoms with E-state index in [1.165, 1.54) is 31.2 Å². The van der Waals surface area contributed by atoms with Gasteiger partial charge in [-0.1, -0.05) is 42.5 Å². The summed E-state index contributed by atoms with van der Waals surface area (Å²) in [4.78, 5) is 12.0. The van der Waals surface area contributed by atoms with E-state index < -0.39 is 17.4 Å². The average Bonchev–Trinajstić information content (AvgIpc) is 2.46. The molecule has 2 rings (SSSR count). The standard InChI is InChI=1S/C16H15FO3/c1-16(19,13-7-9-14(17)10-8-13)15(18)20-11-12-5-3-2-4-6-12/h2-10,19H,11H2,1H3. The Morgan fingerprint density at radius 1 is 1.15 bits per heavy atom. The highest BCUT2D eigenvalue weighted by Crippen LogP contribution is 2.23. The maximum absolute atomic E-state index is 12.8. The molecular weight excluding hydrogens is 259 g/mol. The average molecular weight is 274 g/mol. The topological polar surface area (TPSA) is 46.5 Å². The van der Waals surface area contributed by atoms with Crippen LogP contribution < -0.4 is 0 Å². The van der Waals surface area contributed by atoms with Gasteiger partial charge in [-0.3, -0.25) is 0 Å². The van der Waals surface area contributed by atoms with Gasteiger partial charge in [-0.25, -0.2) is 9.18 Å². The smallest absolute Gasteiger partial charge is 0.342 e. The predicted octanol–water partition coefficient (Wildman–Crippen LogP) is 2.78. The molecule has 0 amide bonds. The fourth-order valence-corrected chi connectivity index (χ4v) is 1.76. The van der Waals surface area contributed by atoms with Crippen molar-refractivity contribution in [2.24, 2.45) is 0 Å². The Bertz CT molecular complexity index is 576. The van der Waals surface area contributed by atoms with Crippen molar-refractivity contribution in [2.45, 2.75) is 19.1 Å². The number of ether oxygens (including phenoxy) is 1. The van der Waals surface area contributed by atoms with E-state index in [9.17, 15) is 14.3 Å². The summed E-state index contributed by atoms with van der Waals surface area (Å²) in [6.07, 6.45) is 0. The zero-order valence-electron chi connectivity index (χ0n) is 11.0. The first kappa shape index (κ1) is 14.2. The van der Waals surface area contributed by atoms with E-state index in [1.54, 1.807) is 0 Å². The van der Waals surface area contributed by atoms with Gasteiger partial charge in [0.25, 0.3) is 0 Å². The molecule has 20 heavy (non-hydrogen) atoms. The lowest BCUT2D eigenvalue weighted by Crippen LogP contribution is -2.34. The minimum atomic E-state index is -1.80. The molecule has 0 fully saturated rings. The molecule has 0 aliphatic carbocycles. The van der Waals surface area contributed by atoms with E-state index in [-0.39, 0.29) is 12.2 Å². The lowest BCUT2D eigenvalue weighted by atomic mass is 9.96. The number of carbonyl (C=O) groups is 1. The van der Waals surface area contributed by atoms with Crippen molar-refractivity contribution in [2.75, 3.05) is 0 Å². The van der Waals surface area contributed by atoms with Crippen molar-refractivity contribution in [1.29, 1.82) is 0 Å². The fourth-order valence-electron chi connectivity index (χ4n) is 1.76. The minimum Gasteiger partial charge on any atom is -0.458 e. The normalized spacial score (nSPS) is 13.6. The van der Waals surface area contributed by atoms with Gasteiger partial charge in [-0.05, 0) is 30.2 Å². The molecule has 2 aromatic rings. The lowest BCUT2D eigenvalue weighted by Gasteiger charge is -2.21. The summed E-state index contributed by atoms with van der Waals surface area (Å²) >= 11 is 0. The predicted molar refractivity (Wildman–Crippen MR) is 72.2 cm³/mol. The van der Waals surface area contributed by atoms with E-state index in [0.29, 0.717) is 0 Å². The molecule has 104 valence electrons. The summed E-state index contributed by atoms with van der Waals surface area (Å²) in [7, 11) is 0. The van der Waals surface area contributed by atoms with Gasteiger partial charge in [0, 0.05) is 0 Å². The van der Waals surface area contributed by atoms with Gasteiger partial charge in [0.15, 0.2) is 5.60 Å². The van der Waals surface area contributed by atoms with Crippen LogP contribution in [-0.2, 0) is 21.7 Å². The van der Waals surface area contributed by atoms with Crippen LogP contribution in [0.3, 0.4) is 0 Å². The maximum atomic E-state index is 12.8. The highest BCUT2D eigenvalue weighted by atomic mass is 19.1. The quantitative estimate of drug-likeness (QED) is 0.872. The molecule has 1 unspecified atom stereocenters. The Balaban J connectivity index is 2.05. The number of carbonyl (C=O) groups excluding carboxylic acids is 1. The number of aliphatic hydroxyl groups is 1. The molecule has 1 atom stereocenters. The molecule has 0 bridgehead atoms. The third-order valence-electron chi connectivity index (χ3n) is 3.02. The Kier molecular flexibility index (Phi) is 4.15. The van der Waals surface area contributed by atoms with Crippen LogP contribution >= 0.6 is 0 Å². The van der Waals surface area contributed by atoms with Gasteiger partial charge in [0.1, 0.15) is 12.4 Å². The number of rotatable bonds is 4. The lowest BCUT2D eigenvalue weighted by molar-refractivity contribution is -0.166. The second kappa shape index (κ2) is 5.84. The molecule has 1 N–H and O–H groups in total. The molecule has 0 aromatic heterocycles. The molecule has 0 aliphatic heterocycles. The van der Waals surface area contributed by atoms with Crippen molar-refractivity contribution in [1.82, 2.24) is 0 Å². The zero-order chi connectivity index (χ0) is 14.6. The second-order valence-corrected chi connectivity index (χ2v) is 4.64. The van der Waals surface area contributed by atoms with E-state index in [0.717, 1.165) is 5.56 Å². The van der Waals surface area contributed by atoms with Crippen molar-refractivity contribution >= 4 is 5.97 Å². The SMILES string of the molecule is CC(O)(C(=O)OCc1ccccc1)c1ccc(F)cc1. The highest BCUT2D eigenvalue weighted by molar-refractivity contribution is 5.80. The monoisotopic (exact) mass is 274 g/mol. The first-order valence-electron chi connectivity index (χ1n) is 6.20. The number of benzene rings is 2. The van der Waals surface area contributed by atoms with Gasteiger partial charge >= 0.3 is 5.97 Å². The molecule has 0 aliphatic rings. The molecule has 4 heteroatoms. The van der Waals surface area contributed by atoms with Crippen LogP contribution in [-0.4, -0.2) is 11.1 Å². The third kappa shape index (κ3) is 3.22. The molecular formula is C16H15FO3. The molecule has 0 heterocycles. The minimum absolute atomic E-state index is 0.0804. The van der Waals surface area contributed by atoms with Crippen molar-refractivity contribution in [3.05, 3.63) is 71.5 Å². The van der Waals surface area contributed by atoms with Crippen LogP contribution in [0.5, 0.6) is 0 Å². The summed E-state index contributed by atoms with van der Waals surface area (Å²) in [5.41, 5.74) is -0.685. The zero-order valence-corrected chi connectivity index (χ0v) is 11.0. The molecule has 3 nitrogen and oxygen atoms in total. The number of hydrogen-bond donors (Lipinski definition) is 1. The van der Waals surface area contributed by atoms with Gasteiger partial charge < -0.3 is 9.84 Å². The van der Waals surface area contributed by atoms with Gasteiger partial charge in [0.05, 0.1) is 0 Å². The van der Waals surface area contributed by atoms with Crippen LogP contribution in [0, 0.1) is 5.82 Å². The Labute approximate surface area is 116 Å². The fraction of sp³-hybridized carbons (Fsp3) is 0.188. The van der Waals surface area contributed by atoms with Gasteiger partial charge in [-0.15, -0.1) is 0 Å². The first-order chi connectivity index (χ1) is 9.50. The van der Waals surface area contributed by atoms with Crippen molar-refractivity contribution in [3.8, 4) is 0 Å². The van der Waals surface area contributed by atoms with E-state index in [2.05, 4.69) is 0 Å². The van der Waals surface area contributed by atoms with Crippen LogP contribution in [0.1, 0.15) is 18.1 Å². The second-order valence-electron chi connectivity index (χ2n) is 4.64. The van der Waals surface area contributed by atoms with E-state index >= 15 is 0 Å². The molecule has 0 spiro atoms. The Hall–Kier alpha value is -2.20. The maximum Gasteiger partial charge on any atom is 0.342 e. The molecule has 2 aromatic carbocycles. The highest BCUT2D eigenvalue weighted by Gasteiger charge is 2.34. The number of esters is 1. The first-order valence-corrected chi connectivity index (χ1v) is 6.20. The van der Waals surface area contributed by atoms with Crippen LogP contribution in [0.25, 0.3) is 0 Å².